The van der Waals surface area contributed by atoms with E-state index in [4.69, 9.17) is 0 Å². The number of ether oxygens (including phenoxy) is 3. The van der Waals surface area contributed by atoms with Crippen LogP contribution in [0.4, 0.5) is 74.6 Å². The van der Waals surface area contributed by atoms with E-state index < -0.39 is 67.4 Å². The molecule has 0 aromatic carbocycles. The summed E-state index contributed by atoms with van der Waals surface area (Å²) in [6.07, 6.45) is -39.0. The highest BCUT2D eigenvalue weighted by Crippen LogP contribution is 2.56. The van der Waals surface area contributed by atoms with Gasteiger partial charge >= 0.3 is 54.3 Å². The van der Waals surface area contributed by atoms with Crippen LogP contribution in [0.2, 0.25) is 0 Å². The Kier molecular flexibility index (Phi) is 8.29. The van der Waals surface area contributed by atoms with Crippen LogP contribution in [0.25, 0.3) is 0 Å². The average Bonchev–Trinajstić information content (AvgIpc) is 2.55. The van der Waals surface area contributed by atoms with Crippen molar-refractivity contribution in [2.24, 2.45) is 0 Å². The number of hydrogen-bond donors (Lipinski definition) is 0. The van der Waals surface area contributed by atoms with Crippen LogP contribution in [0, 0.1) is 0 Å². The minimum absolute atomic E-state index is 0.493. The zero-order valence-corrected chi connectivity index (χ0v) is 15.0. The molecule has 2 atom stereocenters. The molecule has 0 rings (SSSR count). The summed E-state index contributed by atoms with van der Waals surface area (Å²) in [5.74, 6) is -26.3. The number of carbonyl (C=O) groups is 1. The van der Waals surface area contributed by atoms with E-state index in [-0.39, 0.29) is 0 Å². The first-order valence-corrected chi connectivity index (χ1v) is 7.43. The molecule has 0 aliphatic heterocycles. The minimum atomic E-state index is -8.04. The van der Waals surface area contributed by atoms with E-state index in [9.17, 15) is 79.4 Å². The molecule has 0 amide bonds. The monoisotopic (exact) mass is 538 g/mol. The lowest BCUT2D eigenvalue weighted by Crippen LogP contribution is -2.68. The number of hydrogen-bond acceptors (Lipinski definition) is 4. The molecule has 198 valence electrons. The summed E-state index contributed by atoms with van der Waals surface area (Å²) < 4.78 is 225. The maximum atomic E-state index is 13.9. The van der Waals surface area contributed by atoms with Gasteiger partial charge in [-0.25, -0.2) is 4.79 Å². The standard InChI is InChI=1S/C12H7F17O4/c1-2-3-31-4(30)5(13,8(17,18)19)32-12(28,29)7(16,10(23,24)25)33-11(26,27)6(14,15)9(20,21)22/h2-3H2,1H3/t5-,7+/m0/s1. The van der Waals surface area contributed by atoms with Gasteiger partial charge in [0.05, 0.1) is 6.61 Å². The molecule has 0 unspecified atom stereocenters. The fourth-order valence-corrected chi connectivity index (χ4v) is 1.43. The van der Waals surface area contributed by atoms with Gasteiger partial charge in [0.2, 0.25) is 0 Å². The van der Waals surface area contributed by atoms with Gasteiger partial charge in [0.15, 0.2) is 0 Å². The van der Waals surface area contributed by atoms with Gasteiger partial charge in [-0.05, 0) is 6.42 Å². The summed E-state index contributed by atoms with van der Waals surface area (Å²) in [6.45, 7) is -0.273. The first-order chi connectivity index (χ1) is 14.1. The molecule has 0 heterocycles. The van der Waals surface area contributed by atoms with Gasteiger partial charge < -0.3 is 4.74 Å². The van der Waals surface area contributed by atoms with Gasteiger partial charge in [-0.3, -0.25) is 9.47 Å². The highest BCUT2D eigenvalue weighted by molar-refractivity contribution is 5.78. The Morgan fingerprint density at radius 1 is 0.606 bits per heavy atom. The smallest absolute Gasteiger partial charge is 0.461 e. The van der Waals surface area contributed by atoms with Crippen molar-refractivity contribution in [3.63, 3.8) is 0 Å². The second-order valence-corrected chi connectivity index (χ2v) is 5.63. The third kappa shape index (κ3) is 5.65. The van der Waals surface area contributed by atoms with Crippen molar-refractivity contribution in [2.45, 2.75) is 61.7 Å². The topological polar surface area (TPSA) is 44.8 Å². The van der Waals surface area contributed by atoms with E-state index in [1.165, 1.54) is 4.74 Å². The van der Waals surface area contributed by atoms with Crippen molar-refractivity contribution in [2.75, 3.05) is 6.61 Å². The highest BCUT2D eigenvalue weighted by atomic mass is 19.4. The van der Waals surface area contributed by atoms with Crippen LogP contribution in [0.3, 0.4) is 0 Å². The van der Waals surface area contributed by atoms with E-state index in [2.05, 4.69) is 4.74 Å². The van der Waals surface area contributed by atoms with E-state index >= 15 is 0 Å². The van der Waals surface area contributed by atoms with Gasteiger partial charge in [0, 0.05) is 0 Å². The molecule has 0 saturated carbocycles. The molecule has 33 heavy (non-hydrogen) atoms. The molecule has 0 fully saturated rings. The van der Waals surface area contributed by atoms with E-state index in [0.717, 1.165) is 6.92 Å². The van der Waals surface area contributed by atoms with Crippen LogP contribution in [0.15, 0.2) is 0 Å². The lowest BCUT2D eigenvalue weighted by Gasteiger charge is -2.39. The molecule has 0 aromatic heterocycles. The van der Waals surface area contributed by atoms with Crippen molar-refractivity contribution in [3.8, 4) is 0 Å². The molecule has 0 saturated heterocycles. The Balaban J connectivity index is 6.67. The first kappa shape index (κ1) is 31.2. The number of carbonyl (C=O) groups excluding carboxylic acids is 1. The van der Waals surface area contributed by atoms with Crippen LogP contribution in [-0.2, 0) is 19.0 Å². The summed E-state index contributed by atoms with van der Waals surface area (Å²) in [5.41, 5.74) is 0. The number of rotatable bonds is 9. The molecule has 21 heteroatoms. The van der Waals surface area contributed by atoms with Crippen LogP contribution in [0.1, 0.15) is 13.3 Å². The van der Waals surface area contributed by atoms with Gasteiger partial charge in [0.1, 0.15) is 0 Å². The third-order valence-corrected chi connectivity index (χ3v) is 3.06. The van der Waals surface area contributed by atoms with Gasteiger partial charge in [-0.1, -0.05) is 6.92 Å². The Morgan fingerprint density at radius 2 is 1.03 bits per heavy atom. The summed E-state index contributed by atoms with van der Waals surface area (Å²) in [7, 11) is 0. The second kappa shape index (κ2) is 8.77. The normalized spacial score (nSPS) is 18.5. The zero-order chi connectivity index (χ0) is 27.1. The molecule has 0 bridgehead atoms. The highest BCUT2D eigenvalue weighted by Gasteiger charge is 2.85. The third-order valence-electron chi connectivity index (χ3n) is 3.06. The van der Waals surface area contributed by atoms with Gasteiger partial charge in [0.25, 0.3) is 0 Å². The van der Waals surface area contributed by atoms with Crippen molar-refractivity contribution in [3.05, 3.63) is 0 Å². The molecule has 4 nitrogen and oxygen atoms in total. The molecule has 0 spiro atoms. The van der Waals surface area contributed by atoms with Crippen molar-refractivity contribution in [1.29, 1.82) is 0 Å². The molecule has 0 aromatic rings. The molecular formula is C12H7F17O4. The molecule has 0 radical (unpaired) electrons. The minimum Gasteiger partial charge on any atom is -0.461 e. The summed E-state index contributed by atoms with van der Waals surface area (Å²) in [4.78, 5) is 11.1. The number of halogens is 17. The summed E-state index contributed by atoms with van der Waals surface area (Å²) in [6, 6.07) is 0. The maximum Gasteiger partial charge on any atom is 0.462 e. The quantitative estimate of drug-likeness (QED) is 0.275. The fraction of sp³-hybridized carbons (Fsp3) is 0.917. The van der Waals surface area contributed by atoms with Crippen molar-refractivity contribution >= 4 is 5.97 Å². The van der Waals surface area contributed by atoms with Crippen molar-refractivity contribution < 1.29 is 93.6 Å². The van der Waals surface area contributed by atoms with E-state index in [1.54, 1.807) is 4.74 Å². The van der Waals surface area contributed by atoms with Crippen LogP contribution in [-0.4, -0.2) is 61.0 Å². The van der Waals surface area contributed by atoms with E-state index in [0.29, 0.717) is 0 Å². The second-order valence-electron chi connectivity index (χ2n) is 5.63. The maximum absolute atomic E-state index is 13.9. The first-order valence-electron chi connectivity index (χ1n) is 7.43. The Bertz CT molecular complexity index is 696. The zero-order valence-electron chi connectivity index (χ0n) is 15.0. The van der Waals surface area contributed by atoms with Gasteiger partial charge in [-0.2, -0.15) is 74.6 Å². The molecular weight excluding hydrogens is 531 g/mol. The predicted octanol–water partition coefficient (Wildman–Crippen LogP) is 5.81. The predicted molar refractivity (Wildman–Crippen MR) is 64.1 cm³/mol. The number of alkyl halides is 17. The summed E-state index contributed by atoms with van der Waals surface area (Å²) in [5, 5.41) is 0. The van der Waals surface area contributed by atoms with Crippen LogP contribution >= 0.6 is 0 Å². The fourth-order valence-electron chi connectivity index (χ4n) is 1.43. The SMILES string of the molecule is CCCOC(=O)[C@](F)(OC(F)(F)[C@](F)(OC(F)(F)C(F)(F)C(F)(F)F)C(F)(F)F)C(F)(F)F. The lowest BCUT2D eigenvalue weighted by molar-refractivity contribution is -0.548. The molecule has 0 N–H and O–H groups in total. The van der Waals surface area contributed by atoms with Crippen molar-refractivity contribution in [1.82, 2.24) is 0 Å². The lowest BCUT2D eigenvalue weighted by atomic mass is 10.2. The number of esters is 1. The van der Waals surface area contributed by atoms with Crippen LogP contribution < -0.4 is 0 Å². The van der Waals surface area contributed by atoms with E-state index in [1.807, 2.05) is 0 Å². The summed E-state index contributed by atoms with van der Waals surface area (Å²) >= 11 is 0. The van der Waals surface area contributed by atoms with Crippen LogP contribution in [0.5, 0.6) is 0 Å². The molecule has 0 aliphatic carbocycles. The average molecular weight is 538 g/mol. The molecule has 0 aliphatic rings. The largest absolute Gasteiger partial charge is 0.462 e. The van der Waals surface area contributed by atoms with Gasteiger partial charge in [-0.15, -0.1) is 0 Å². The Hall–Kier alpha value is -1.80. The Morgan fingerprint density at radius 3 is 1.33 bits per heavy atom. The Labute approximate surface area is 169 Å².